The number of ether oxygens (including phenoxy) is 1. The van der Waals surface area contributed by atoms with Crippen molar-refractivity contribution >= 4 is 17.6 Å². The van der Waals surface area contributed by atoms with Crippen LogP contribution in [0.2, 0.25) is 0 Å². The van der Waals surface area contributed by atoms with E-state index in [0.29, 0.717) is 0 Å². The maximum Gasteiger partial charge on any atom is 0.330 e. The second-order valence-electron chi connectivity index (χ2n) is 4.42. The van der Waals surface area contributed by atoms with Gasteiger partial charge < -0.3 is 15.4 Å². The van der Waals surface area contributed by atoms with E-state index in [1.807, 2.05) is 32.0 Å². The van der Waals surface area contributed by atoms with Crippen molar-refractivity contribution in [2.45, 2.75) is 26.8 Å². The number of hydrogen-bond acceptors (Lipinski definition) is 4. The Hall–Kier alpha value is -2.04. The maximum absolute atomic E-state index is 11.6. The van der Waals surface area contributed by atoms with Crippen molar-refractivity contribution in [3.05, 3.63) is 29.3 Å². The van der Waals surface area contributed by atoms with Crippen LogP contribution in [0.15, 0.2) is 18.2 Å². The first-order valence-corrected chi connectivity index (χ1v) is 6.10. The molecule has 0 aromatic heterocycles. The zero-order valence-corrected chi connectivity index (χ0v) is 11.7. The third-order valence-corrected chi connectivity index (χ3v) is 2.83. The molecule has 2 N–H and O–H groups in total. The average molecular weight is 264 g/mol. The molecular weight excluding hydrogens is 244 g/mol. The summed E-state index contributed by atoms with van der Waals surface area (Å²) in [5, 5.41) is 5.75. The van der Waals surface area contributed by atoms with Gasteiger partial charge in [0.05, 0.1) is 7.11 Å². The van der Waals surface area contributed by atoms with E-state index in [1.54, 1.807) is 0 Å². The van der Waals surface area contributed by atoms with Crippen LogP contribution in [0.4, 0.5) is 5.69 Å². The molecule has 5 heteroatoms. The van der Waals surface area contributed by atoms with E-state index in [-0.39, 0.29) is 12.5 Å². The Morgan fingerprint density at radius 1 is 1.26 bits per heavy atom. The summed E-state index contributed by atoms with van der Waals surface area (Å²) < 4.78 is 4.67. The molecular formula is C14H20N2O3. The number of para-hydroxylation sites is 1. The lowest BCUT2D eigenvalue weighted by Crippen LogP contribution is -2.45. The van der Waals surface area contributed by atoms with Gasteiger partial charge in [0.25, 0.3) is 0 Å². The Bertz CT molecular complexity index is 452. The van der Waals surface area contributed by atoms with Crippen LogP contribution < -0.4 is 10.6 Å². The van der Waals surface area contributed by atoms with Crippen molar-refractivity contribution in [1.29, 1.82) is 0 Å². The van der Waals surface area contributed by atoms with E-state index >= 15 is 0 Å². The van der Waals surface area contributed by atoms with Crippen molar-refractivity contribution < 1.29 is 14.3 Å². The lowest BCUT2D eigenvalue weighted by molar-refractivity contribution is -0.144. The third kappa shape index (κ3) is 4.28. The predicted octanol–water partition coefficient (Wildman–Crippen LogP) is 1.39. The number of rotatable bonds is 5. The van der Waals surface area contributed by atoms with Gasteiger partial charge in [0, 0.05) is 19.2 Å². The molecule has 0 spiro atoms. The predicted molar refractivity (Wildman–Crippen MR) is 74.0 cm³/mol. The molecule has 1 amide bonds. The standard InChI is InChI=1S/C14H20N2O3/c1-9-6-5-7-10(2)13(9)15-8-12(14(18)19-4)16-11(3)17/h5-7,12,15H,8H2,1-4H3,(H,16,17). The van der Waals surface area contributed by atoms with Crippen LogP contribution >= 0.6 is 0 Å². The Morgan fingerprint density at radius 3 is 2.32 bits per heavy atom. The van der Waals surface area contributed by atoms with Crippen molar-refractivity contribution in [2.75, 3.05) is 19.0 Å². The fourth-order valence-electron chi connectivity index (χ4n) is 1.88. The topological polar surface area (TPSA) is 67.4 Å². The lowest BCUT2D eigenvalue weighted by atomic mass is 10.1. The van der Waals surface area contributed by atoms with Gasteiger partial charge in [0.1, 0.15) is 6.04 Å². The van der Waals surface area contributed by atoms with Crippen LogP contribution in [0.1, 0.15) is 18.1 Å². The number of aryl methyl sites for hydroxylation is 2. The number of nitrogens with one attached hydrogen (secondary N) is 2. The van der Waals surface area contributed by atoms with E-state index in [1.165, 1.54) is 14.0 Å². The molecule has 0 saturated carbocycles. The van der Waals surface area contributed by atoms with Crippen molar-refractivity contribution in [1.82, 2.24) is 5.32 Å². The summed E-state index contributed by atoms with van der Waals surface area (Å²) in [6.45, 7) is 5.63. The zero-order valence-electron chi connectivity index (χ0n) is 11.7. The van der Waals surface area contributed by atoms with Crippen LogP contribution in [0.25, 0.3) is 0 Å². The van der Waals surface area contributed by atoms with Crippen LogP contribution in [0.5, 0.6) is 0 Å². The van der Waals surface area contributed by atoms with Gasteiger partial charge in [-0.3, -0.25) is 4.79 Å². The number of anilines is 1. The minimum atomic E-state index is -0.693. The molecule has 0 bridgehead atoms. The number of hydrogen-bond donors (Lipinski definition) is 2. The van der Waals surface area contributed by atoms with Crippen LogP contribution in [-0.4, -0.2) is 31.6 Å². The monoisotopic (exact) mass is 264 g/mol. The summed E-state index contributed by atoms with van der Waals surface area (Å²) in [5.41, 5.74) is 3.15. The van der Waals surface area contributed by atoms with E-state index in [2.05, 4.69) is 15.4 Å². The highest BCUT2D eigenvalue weighted by Crippen LogP contribution is 2.19. The highest BCUT2D eigenvalue weighted by atomic mass is 16.5. The highest BCUT2D eigenvalue weighted by Gasteiger charge is 2.20. The normalized spacial score (nSPS) is 11.6. The first-order valence-electron chi connectivity index (χ1n) is 6.10. The highest BCUT2D eigenvalue weighted by molar-refractivity contribution is 5.83. The second-order valence-corrected chi connectivity index (χ2v) is 4.42. The van der Waals surface area contributed by atoms with Gasteiger partial charge in [-0.05, 0) is 25.0 Å². The molecule has 104 valence electrons. The third-order valence-electron chi connectivity index (χ3n) is 2.83. The van der Waals surface area contributed by atoms with Gasteiger partial charge in [0.15, 0.2) is 0 Å². The molecule has 0 fully saturated rings. The minimum Gasteiger partial charge on any atom is -0.467 e. The second kappa shape index (κ2) is 6.78. The van der Waals surface area contributed by atoms with E-state index < -0.39 is 12.0 Å². The summed E-state index contributed by atoms with van der Waals surface area (Å²) in [6.07, 6.45) is 0. The number of benzene rings is 1. The summed E-state index contributed by atoms with van der Waals surface area (Å²) in [7, 11) is 1.30. The molecule has 1 unspecified atom stereocenters. The molecule has 0 aliphatic heterocycles. The molecule has 0 heterocycles. The smallest absolute Gasteiger partial charge is 0.330 e. The Morgan fingerprint density at radius 2 is 1.84 bits per heavy atom. The van der Waals surface area contributed by atoms with Crippen molar-refractivity contribution in [3.8, 4) is 0 Å². The average Bonchev–Trinajstić information content (AvgIpc) is 2.35. The molecule has 0 saturated heterocycles. The summed E-state index contributed by atoms with van der Waals surface area (Å²) >= 11 is 0. The first-order chi connectivity index (χ1) is 8.95. The quantitative estimate of drug-likeness (QED) is 0.789. The fourth-order valence-corrected chi connectivity index (χ4v) is 1.88. The van der Waals surface area contributed by atoms with E-state index in [0.717, 1.165) is 16.8 Å². The van der Waals surface area contributed by atoms with Crippen molar-refractivity contribution in [3.63, 3.8) is 0 Å². The molecule has 0 aliphatic carbocycles. The Balaban J connectivity index is 2.76. The van der Waals surface area contributed by atoms with Crippen molar-refractivity contribution in [2.24, 2.45) is 0 Å². The molecule has 1 atom stereocenters. The molecule has 0 radical (unpaired) electrons. The number of carbonyl (C=O) groups is 2. The summed E-state index contributed by atoms with van der Waals surface area (Å²) in [6, 6.07) is 5.25. The number of esters is 1. The number of amides is 1. The molecule has 1 aromatic carbocycles. The molecule has 5 nitrogen and oxygen atoms in total. The van der Waals surface area contributed by atoms with Gasteiger partial charge in [0.2, 0.25) is 5.91 Å². The number of methoxy groups -OCH3 is 1. The van der Waals surface area contributed by atoms with E-state index in [4.69, 9.17) is 0 Å². The van der Waals surface area contributed by atoms with Gasteiger partial charge in [-0.25, -0.2) is 4.79 Å². The van der Waals surface area contributed by atoms with Crippen LogP contribution in [0.3, 0.4) is 0 Å². The van der Waals surface area contributed by atoms with Gasteiger partial charge in [-0.2, -0.15) is 0 Å². The lowest BCUT2D eigenvalue weighted by Gasteiger charge is -2.19. The van der Waals surface area contributed by atoms with Gasteiger partial charge in [-0.15, -0.1) is 0 Å². The fraction of sp³-hybridized carbons (Fsp3) is 0.429. The SMILES string of the molecule is COC(=O)C(CNc1c(C)cccc1C)NC(C)=O. The summed E-state index contributed by atoms with van der Waals surface area (Å²) in [4.78, 5) is 22.6. The molecule has 0 aliphatic rings. The Labute approximate surface area is 113 Å². The molecule has 1 aromatic rings. The number of carbonyl (C=O) groups excluding carboxylic acids is 2. The molecule has 1 rings (SSSR count). The van der Waals surface area contributed by atoms with Crippen LogP contribution in [-0.2, 0) is 14.3 Å². The zero-order chi connectivity index (χ0) is 14.4. The van der Waals surface area contributed by atoms with Gasteiger partial charge in [-0.1, -0.05) is 18.2 Å². The van der Waals surface area contributed by atoms with Gasteiger partial charge >= 0.3 is 5.97 Å². The maximum atomic E-state index is 11.6. The molecule has 19 heavy (non-hydrogen) atoms. The Kier molecular flexibility index (Phi) is 5.36. The van der Waals surface area contributed by atoms with E-state index in [9.17, 15) is 9.59 Å². The summed E-state index contributed by atoms with van der Waals surface area (Å²) in [5.74, 6) is -0.729. The van der Waals surface area contributed by atoms with Crippen LogP contribution in [0, 0.1) is 13.8 Å². The minimum absolute atomic E-state index is 0.265. The first kappa shape index (κ1) is 15.0. The largest absolute Gasteiger partial charge is 0.467 e.